The molecular formula is C18H25ClN2O4. The Kier molecular flexibility index (Phi) is 5.52. The summed E-state index contributed by atoms with van der Waals surface area (Å²) in [5.41, 5.74) is -0.0265. The van der Waals surface area contributed by atoms with Crippen LogP contribution in [-0.2, 0) is 9.47 Å². The number of methoxy groups -OCH3 is 1. The minimum atomic E-state index is -0.544. The summed E-state index contributed by atoms with van der Waals surface area (Å²) in [5.74, 6) is -0.485. The monoisotopic (exact) mass is 368 g/mol. The van der Waals surface area contributed by atoms with Crippen molar-refractivity contribution < 1.29 is 19.1 Å². The number of rotatable bonds is 4. The number of amides is 1. The zero-order chi connectivity index (χ0) is 18.8. The highest BCUT2D eigenvalue weighted by Crippen LogP contribution is 2.37. The summed E-state index contributed by atoms with van der Waals surface area (Å²) in [4.78, 5) is 25.8. The summed E-state index contributed by atoms with van der Waals surface area (Å²) in [6.07, 6.45) is 1.17. The summed E-state index contributed by atoms with van der Waals surface area (Å²) in [6.45, 7) is 8.17. The van der Waals surface area contributed by atoms with Crippen molar-refractivity contribution in [2.45, 2.75) is 51.8 Å². The lowest BCUT2D eigenvalue weighted by Gasteiger charge is -2.52. The highest BCUT2D eigenvalue weighted by molar-refractivity contribution is 6.33. The lowest BCUT2D eigenvalue weighted by molar-refractivity contribution is -0.0351. The maximum absolute atomic E-state index is 12.4. The zero-order valence-electron chi connectivity index (χ0n) is 15.3. The van der Waals surface area contributed by atoms with Crippen LogP contribution in [0, 0.1) is 0 Å². The molecule has 2 rings (SSSR count). The number of nitrogens with zero attached hydrogens (tertiary/aromatic N) is 1. The van der Waals surface area contributed by atoms with Crippen molar-refractivity contribution in [3.63, 3.8) is 0 Å². The molecule has 1 N–H and O–H groups in total. The van der Waals surface area contributed by atoms with Crippen molar-refractivity contribution in [1.82, 2.24) is 4.90 Å². The number of benzene rings is 1. The first kappa shape index (κ1) is 19.4. The van der Waals surface area contributed by atoms with E-state index >= 15 is 0 Å². The smallest absolute Gasteiger partial charge is 0.412 e. The highest BCUT2D eigenvalue weighted by Gasteiger charge is 2.47. The summed E-state index contributed by atoms with van der Waals surface area (Å²) >= 11 is 6.18. The quantitative estimate of drug-likeness (QED) is 0.803. The summed E-state index contributed by atoms with van der Waals surface area (Å²) < 4.78 is 10.2. The van der Waals surface area contributed by atoms with E-state index in [4.69, 9.17) is 21.1 Å². The molecule has 6 nitrogen and oxygen atoms in total. The Hall–Kier alpha value is -1.95. The summed E-state index contributed by atoms with van der Waals surface area (Å²) in [5, 5.41) is 3.67. The molecule has 0 spiro atoms. The Morgan fingerprint density at radius 1 is 1.36 bits per heavy atom. The Bertz CT molecular complexity index is 668. The van der Waals surface area contributed by atoms with Gasteiger partial charge in [0.2, 0.25) is 0 Å². The third-order valence-corrected chi connectivity index (χ3v) is 4.53. The van der Waals surface area contributed by atoms with Gasteiger partial charge in [0.05, 0.1) is 17.7 Å². The lowest BCUT2D eigenvalue weighted by atomic mass is 9.91. The predicted octanol–water partition coefficient (Wildman–Crippen LogP) is 4.29. The maximum atomic E-state index is 12.4. The molecule has 1 aliphatic heterocycles. The molecule has 138 valence electrons. The van der Waals surface area contributed by atoms with Crippen LogP contribution in [0.2, 0.25) is 5.02 Å². The number of hydrogen-bond acceptors (Lipinski definition) is 5. The summed E-state index contributed by atoms with van der Waals surface area (Å²) in [6, 6.07) is 5.02. The van der Waals surface area contributed by atoms with Crippen LogP contribution in [0.3, 0.4) is 0 Å². The average Bonchev–Trinajstić information content (AvgIpc) is 2.49. The van der Waals surface area contributed by atoms with E-state index in [1.54, 1.807) is 23.1 Å². The second-order valence-electron chi connectivity index (χ2n) is 7.08. The first-order valence-corrected chi connectivity index (χ1v) is 8.66. The maximum Gasteiger partial charge on any atom is 0.412 e. The first-order valence-electron chi connectivity index (χ1n) is 8.28. The van der Waals surface area contributed by atoms with Gasteiger partial charge in [-0.15, -0.1) is 0 Å². The van der Waals surface area contributed by atoms with Crippen LogP contribution >= 0.6 is 11.6 Å². The molecule has 1 aromatic carbocycles. The van der Waals surface area contributed by atoms with Gasteiger partial charge < -0.3 is 14.8 Å². The molecule has 1 heterocycles. The third-order valence-electron chi connectivity index (χ3n) is 4.22. The number of esters is 1. The van der Waals surface area contributed by atoms with E-state index < -0.39 is 17.2 Å². The van der Waals surface area contributed by atoms with Crippen molar-refractivity contribution in [3.8, 4) is 0 Å². The van der Waals surface area contributed by atoms with Gasteiger partial charge in [0, 0.05) is 18.7 Å². The van der Waals surface area contributed by atoms with E-state index in [2.05, 4.69) is 5.32 Å². The zero-order valence-corrected chi connectivity index (χ0v) is 16.1. The lowest BCUT2D eigenvalue weighted by Crippen LogP contribution is -2.66. The van der Waals surface area contributed by atoms with E-state index in [1.165, 1.54) is 7.11 Å². The Morgan fingerprint density at radius 3 is 2.48 bits per heavy atom. The number of carbonyl (C=O) groups is 2. The Morgan fingerprint density at radius 2 is 2.04 bits per heavy atom. The van der Waals surface area contributed by atoms with Gasteiger partial charge in [-0.1, -0.05) is 18.5 Å². The molecular weight excluding hydrogens is 344 g/mol. The third kappa shape index (κ3) is 4.18. The van der Waals surface area contributed by atoms with E-state index in [0.29, 0.717) is 23.6 Å². The van der Waals surface area contributed by atoms with Crippen LogP contribution in [0.25, 0.3) is 0 Å². The molecule has 0 aliphatic carbocycles. The van der Waals surface area contributed by atoms with Gasteiger partial charge >= 0.3 is 12.1 Å². The number of anilines is 1. The van der Waals surface area contributed by atoms with Crippen LogP contribution < -0.4 is 5.32 Å². The fraction of sp³-hybridized carbons (Fsp3) is 0.556. The standard InChI is InChI=1S/C18H25ClN2O4/c1-6-18(9-10-21(18)16(23)25-17(2,3)4)20-12-7-8-13(14(19)11-12)15(22)24-5/h7-8,11,20H,6,9-10H2,1-5H3. The van der Waals surface area contributed by atoms with Gasteiger partial charge in [0.15, 0.2) is 0 Å². The molecule has 1 aromatic rings. The second kappa shape index (κ2) is 7.12. The molecule has 1 aliphatic rings. The molecule has 1 unspecified atom stereocenters. The number of hydrogen-bond donors (Lipinski definition) is 1. The van der Waals surface area contributed by atoms with Crippen LogP contribution in [0.5, 0.6) is 0 Å². The fourth-order valence-corrected chi connectivity index (χ4v) is 3.06. The fourth-order valence-electron chi connectivity index (χ4n) is 2.80. The molecule has 0 aromatic heterocycles. The number of likely N-dealkylation sites (tertiary alicyclic amines) is 1. The van der Waals surface area contributed by atoms with Gasteiger partial charge in [0.1, 0.15) is 11.3 Å². The molecule has 1 atom stereocenters. The van der Waals surface area contributed by atoms with E-state index in [0.717, 1.165) is 12.1 Å². The number of halogens is 1. The van der Waals surface area contributed by atoms with Gasteiger partial charge in [-0.05, 0) is 45.4 Å². The van der Waals surface area contributed by atoms with E-state index in [9.17, 15) is 9.59 Å². The minimum absolute atomic E-state index is 0.297. The average molecular weight is 369 g/mol. The molecule has 0 saturated carbocycles. The van der Waals surface area contributed by atoms with Crippen molar-refractivity contribution in [1.29, 1.82) is 0 Å². The molecule has 1 saturated heterocycles. The van der Waals surface area contributed by atoms with Gasteiger partial charge in [-0.2, -0.15) is 0 Å². The van der Waals surface area contributed by atoms with Crippen LogP contribution in [0.4, 0.5) is 10.5 Å². The van der Waals surface area contributed by atoms with Gasteiger partial charge in [-0.3, -0.25) is 4.90 Å². The molecule has 1 fully saturated rings. The van der Waals surface area contributed by atoms with Crippen molar-refractivity contribution in [2.75, 3.05) is 19.0 Å². The van der Waals surface area contributed by atoms with Gasteiger partial charge in [-0.25, -0.2) is 9.59 Å². The number of carbonyl (C=O) groups excluding carboxylic acids is 2. The predicted molar refractivity (Wildman–Crippen MR) is 97.0 cm³/mol. The Balaban J connectivity index is 2.18. The number of ether oxygens (including phenoxy) is 2. The van der Waals surface area contributed by atoms with Crippen LogP contribution in [-0.4, -0.2) is 41.9 Å². The van der Waals surface area contributed by atoms with Crippen molar-refractivity contribution in [2.24, 2.45) is 0 Å². The van der Waals surface area contributed by atoms with Crippen molar-refractivity contribution >= 4 is 29.4 Å². The molecule has 25 heavy (non-hydrogen) atoms. The number of nitrogens with one attached hydrogen (secondary N) is 1. The highest BCUT2D eigenvalue weighted by atomic mass is 35.5. The summed E-state index contributed by atoms with van der Waals surface area (Å²) in [7, 11) is 1.31. The molecule has 7 heteroatoms. The van der Waals surface area contributed by atoms with E-state index in [-0.39, 0.29) is 6.09 Å². The second-order valence-corrected chi connectivity index (χ2v) is 7.49. The first-order chi connectivity index (χ1) is 11.6. The largest absolute Gasteiger partial charge is 0.465 e. The Labute approximate surface area is 153 Å². The molecule has 0 bridgehead atoms. The van der Waals surface area contributed by atoms with Crippen LogP contribution in [0.1, 0.15) is 50.9 Å². The minimum Gasteiger partial charge on any atom is -0.465 e. The SMILES string of the molecule is CCC1(Nc2ccc(C(=O)OC)c(Cl)c2)CCN1C(=O)OC(C)(C)C. The topological polar surface area (TPSA) is 67.9 Å². The molecule has 0 radical (unpaired) electrons. The van der Waals surface area contributed by atoms with Crippen molar-refractivity contribution in [3.05, 3.63) is 28.8 Å². The van der Waals surface area contributed by atoms with E-state index in [1.807, 2.05) is 27.7 Å². The van der Waals surface area contributed by atoms with Gasteiger partial charge in [0.25, 0.3) is 0 Å². The van der Waals surface area contributed by atoms with Crippen LogP contribution in [0.15, 0.2) is 18.2 Å². The molecule has 1 amide bonds. The normalized spacial score (nSPS) is 19.8.